The molecule has 2 aromatic carbocycles. The number of carbonyl (C=O) groups is 1. The molecule has 1 saturated heterocycles. The van der Waals surface area contributed by atoms with Crippen molar-refractivity contribution in [1.29, 1.82) is 0 Å². The Hall–Kier alpha value is -2.42. The lowest BCUT2D eigenvalue weighted by molar-refractivity contribution is 0.0760. The maximum atomic E-state index is 13.2. The molecule has 3 rings (SSSR count). The van der Waals surface area contributed by atoms with Crippen molar-refractivity contribution in [1.82, 2.24) is 14.5 Å². The number of hydrogen-bond acceptors (Lipinski definition) is 5. The molecule has 0 saturated carbocycles. The molecule has 8 heteroatoms. The summed E-state index contributed by atoms with van der Waals surface area (Å²) in [5, 5.41) is 0. The largest absolute Gasteiger partial charge is 0.497 e. The zero-order valence-corrected chi connectivity index (χ0v) is 19.5. The van der Waals surface area contributed by atoms with Gasteiger partial charge in [-0.2, -0.15) is 0 Å². The van der Waals surface area contributed by atoms with Crippen LogP contribution in [0.1, 0.15) is 33.5 Å². The number of methoxy groups -OCH3 is 1. The van der Waals surface area contributed by atoms with E-state index in [-0.39, 0.29) is 10.8 Å². The molecule has 0 radical (unpaired) electrons. The minimum atomic E-state index is -3.63. The summed E-state index contributed by atoms with van der Waals surface area (Å²) in [5.41, 5.74) is 3.07. The average Bonchev–Trinajstić information content (AvgIpc) is 3.01. The van der Waals surface area contributed by atoms with Crippen LogP contribution in [-0.2, 0) is 16.6 Å². The van der Waals surface area contributed by atoms with Gasteiger partial charge < -0.3 is 9.64 Å². The number of nitrogens with zero attached hydrogens (tertiary/aromatic N) is 2. The van der Waals surface area contributed by atoms with Crippen LogP contribution in [0.15, 0.2) is 41.3 Å². The standard InChI is InChI=1S/C23H31N3O4S/c1-17-14-20(15-22(18(17)2)31(28,29)24-3)23(27)26-11-5-10-25(12-13-26)16-19-6-8-21(30-4)9-7-19/h6-9,14-15,24H,5,10-13,16H2,1-4H3. The molecule has 1 aliphatic rings. The van der Waals surface area contributed by atoms with Crippen LogP contribution in [-0.4, -0.2) is 64.5 Å². The molecule has 0 spiro atoms. The van der Waals surface area contributed by atoms with E-state index in [9.17, 15) is 13.2 Å². The quantitative estimate of drug-likeness (QED) is 0.739. The van der Waals surface area contributed by atoms with E-state index >= 15 is 0 Å². The van der Waals surface area contributed by atoms with Crippen molar-refractivity contribution in [3.8, 4) is 5.75 Å². The van der Waals surface area contributed by atoms with Gasteiger partial charge in [0.1, 0.15) is 5.75 Å². The van der Waals surface area contributed by atoms with Crippen LogP contribution in [0.3, 0.4) is 0 Å². The number of nitrogens with one attached hydrogen (secondary N) is 1. The summed E-state index contributed by atoms with van der Waals surface area (Å²) in [6.07, 6.45) is 0.869. The van der Waals surface area contributed by atoms with Gasteiger partial charge in [0, 0.05) is 38.3 Å². The molecule has 0 aromatic heterocycles. The molecular formula is C23H31N3O4S. The van der Waals surface area contributed by atoms with Crippen molar-refractivity contribution in [2.45, 2.75) is 31.7 Å². The Balaban J connectivity index is 1.72. The molecule has 1 N–H and O–H groups in total. The molecule has 0 atom stereocenters. The molecule has 1 aliphatic heterocycles. The van der Waals surface area contributed by atoms with Crippen molar-refractivity contribution in [2.24, 2.45) is 0 Å². The summed E-state index contributed by atoms with van der Waals surface area (Å²) >= 11 is 0. The number of aryl methyl sites for hydroxylation is 1. The van der Waals surface area contributed by atoms with Gasteiger partial charge in [0.2, 0.25) is 10.0 Å². The number of rotatable bonds is 6. The third-order valence-corrected chi connectivity index (χ3v) is 7.41. The Kier molecular flexibility index (Phi) is 7.35. The maximum Gasteiger partial charge on any atom is 0.253 e. The van der Waals surface area contributed by atoms with Crippen molar-refractivity contribution in [2.75, 3.05) is 40.3 Å². The number of ether oxygens (including phenoxy) is 1. The normalized spacial score (nSPS) is 15.5. The van der Waals surface area contributed by atoms with Crippen molar-refractivity contribution in [3.63, 3.8) is 0 Å². The fourth-order valence-electron chi connectivity index (χ4n) is 3.84. The zero-order chi connectivity index (χ0) is 22.6. The maximum absolute atomic E-state index is 13.2. The summed E-state index contributed by atoms with van der Waals surface area (Å²) < 4.78 is 32.3. The van der Waals surface area contributed by atoms with Crippen LogP contribution in [0.2, 0.25) is 0 Å². The molecule has 2 aromatic rings. The monoisotopic (exact) mass is 445 g/mol. The van der Waals surface area contributed by atoms with E-state index in [1.54, 1.807) is 20.1 Å². The van der Waals surface area contributed by atoms with Gasteiger partial charge in [-0.3, -0.25) is 9.69 Å². The second kappa shape index (κ2) is 9.80. The first-order chi connectivity index (χ1) is 14.7. The lowest BCUT2D eigenvalue weighted by atomic mass is 10.1. The Bertz CT molecular complexity index is 1040. The Morgan fingerprint density at radius 3 is 2.42 bits per heavy atom. The van der Waals surface area contributed by atoms with Crippen LogP contribution in [0.4, 0.5) is 0 Å². The highest BCUT2D eigenvalue weighted by Crippen LogP contribution is 2.22. The van der Waals surface area contributed by atoms with E-state index < -0.39 is 10.0 Å². The first-order valence-corrected chi connectivity index (χ1v) is 11.9. The van der Waals surface area contributed by atoms with E-state index in [1.165, 1.54) is 18.7 Å². The van der Waals surface area contributed by atoms with Gasteiger partial charge in [-0.25, -0.2) is 13.1 Å². The van der Waals surface area contributed by atoms with Gasteiger partial charge in [0.15, 0.2) is 0 Å². The molecular weight excluding hydrogens is 414 g/mol. The molecule has 0 aliphatic carbocycles. The first-order valence-electron chi connectivity index (χ1n) is 10.4. The van der Waals surface area contributed by atoms with Gasteiger partial charge in [-0.15, -0.1) is 0 Å². The summed E-state index contributed by atoms with van der Waals surface area (Å²) in [4.78, 5) is 17.5. The third kappa shape index (κ3) is 5.44. The molecule has 7 nitrogen and oxygen atoms in total. The molecule has 1 fully saturated rings. The molecule has 31 heavy (non-hydrogen) atoms. The SMILES string of the molecule is CNS(=O)(=O)c1cc(C(=O)N2CCCN(Cc3ccc(OC)cc3)CC2)cc(C)c1C. The number of amides is 1. The van der Waals surface area contributed by atoms with Crippen molar-refractivity contribution < 1.29 is 17.9 Å². The highest BCUT2D eigenvalue weighted by Gasteiger charge is 2.24. The third-order valence-electron chi connectivity index (χ3n) is 5.87. The average molecular weight is 446 g/mol. The fraction of sp³-hybridized carbons (Fsp3) is 0.435. The number of benzene rings is 2. The molecule has 1 amide bonds. The number of hydrogen-bond donors (Lipinski definition) is 1. The van der Waals surface area contributed by atoms with Crippen LogP contribution in [0, 0.1) is 13.8 Å². The summed E-state index contributed by atoms with van der Waals surface area (Å²) in [7, 11) is -0.597. The zero-order valence-electron chi connectivity index (χ0n) is 18.6. The summed E-state index contributed by atoms with van der Waals surface area (Å²) in [5.74, 6) is 0.714. The topological polar surface area (TPSA) is 79.0 Å². The van der Waals surface area contributed by atoms with E-state index in [0.29, 0.717) is 24.2 Å². The van der Waals surface area contributed by atoms with Crippen LogP contribution >= 0.6 is 0 Å². The van der Waals surface area contributed by atoms with Gasteiger partial charge in [-0.1, -0.05) is 12.1 Å². The lowest BCUT2D eigenvalue weighted by Gasteiger charge is -2.23. The highest BCUT2D eigenvalue weighted by molar-refractivity contribution is 7.89. The molecule has 0 unspecified atom stereocenters. The predicted octanol–water partition coefficient (Wildman–Crippen LogP) is 2.57. The van der Waals surface area contributed by atoms with E-state index in [1.807, 2.05) is 24.0 Å². The van der Waals surface area contributed by atoms with Gasteiger partial charge >= 0.3 is 0 Å². The van der Waals surface area contributed by atoms with Gasteiger partial charge in [-0.05, 0) is 68.3 Å². The Morgan fingerprint density at radius 2 is 1.77 bits per heavy atom. The van der Waals surface area contributed by atoms with Crippen LogP contribution < -0.4 is 9.46 Å². The first kappa shape index (κ1) is 23.2. The summed E-state index contributed by atoms with van der Waals surface area (Å²) in [6, 6.07) is 11.3. The smallest absolute Gasteiger partial charge is 0.253 e. The van der Waals surface area contributed by atoms with Crippen LogP contribution in [0.5, 0.6) is 5.75 Å². The van der Waals surface area contributed by atoms with E-state index in [4.69, 9.17) is 4.74 Å². The van der Waals surface area contributed by atoms with Gasteiger partial charge in [0.25, 0.3) is 5.91 Å². The molecule has 168 valence electrons. The number of carbonyl (C=O) groups excluding carboxylic acids is 1. The minimum Gasteiger partial charge on any atom is -0.497 e. The molecule has 1 heterocycles. The number of sulfonamides is 1. The summed E-state index contributed by atoms with van der Waals surface area (Å²) in [6.45, 7) is 7.35. The van der Waals surface area contributed by atoms with E-state index in [2.05, 4.69) is 21.8 Å². The fourth-order valence-corrected chi connectivity index (χ4v) is 4.91. The lowest BCUT2D eigenvalue weighted by Crippen LogP contribution is -2.35. The minimum absolute atomic E-state index is 0.123. The van der Waals surface area contributed by atoms with Crippen molar-refractivity contribution >= 4 is 15.9 Å². The Morgan fingerprint density at radius 1 is 1.06 bits per heavy atom. The van der Waals surface area contributed by atoms with Crippen LogP contribution in [0.25, 0.3) is 0 Å². The predicted molar refractivity (Wildman–Crippen MR) is 121 cm³/mol. The Labute approximate surface area is 185 Å². The van der Waals surface area contributed by atoms with Crippen molar-refractivity contribution in [3.05, 3.63) is 58.7 Å². The van der Waals surface area contributed by atoms with E-state index in [0.717, 1.165) is 37.4 Å². The second-order valence-corrected chi connectivity index (χ2v) is 9.75. The van der Waals surface area contributed by atoms with Gasteiger partial charge in [0.05, 0.1) is 12.0 Å². The highest BCUT2D eigenvalue weighted by atomic mass is 32.2. The molecule has 0 bridgehead atoms. The second-order valence-electron chi connectivity index (χ2n) is 7.89.